The number of nitrogens with two attached hydrogens (primary N) is 1. The second-order valence-electron chi connectivity index (χ2n) is 5.38. The lowest BCUT2D eigenvalue weighted by atomic mass is 10.1. The molecule has 1 saturated heterocycles. The topological polar surface area (TPSA) is 25.5 Å². The highest BCUT2D eigenvalue weighted by Crippen LogP contribution is 1.92. The van der Waals surface area contributed by atoms with Gasteiger partial charge < -0.3 is 15.1 Å². The van der Waals surface area contributed by atoms with E-state index in [-0.39, 0.29) is 0 Å². The van der Waals surface area contributed by atoms with Crippen LogP contribution < -0.4 is 15.1 Å². The van der Waals surface area contributed by atoms with Crippen LogP contribution in [0.5, 0.6) is 0 Å². The van der Waals surface area contributed by atoms with Gasteiger partial charge in [-0.15, -0.1) is 0 Å². The first kappa shape index (κ1) is 13.9. The Kier molecular flexibility index (Phi) is 7.01. The first-order valence-electron chi connectivity index (χ1n) is 7.24. The van der Waals surface area contributed by atoms with E-state index in [4.69, 9.17) is 0 Å². The standard InChI is InChI=1S/C13H29N3/c1-4-16(5-2)10-6-9-14-13-7-11-15(3)12-8-13/h13-14H,4-12H2,1-3H3/p+3. The van der Waals surface area contributed by atoms with Crippen LogP contribution in [0.15, 0.2) is 0 Å². The highest BCUT2D eigenvalue weighted by atomic mass is 15.1. The van der Waals surface area contributed by atoms with Crippen molar-refractivity contribution in [3.8, 4) is 0 Å². The van der Waals surface area contributed by atoms with Crippen molar-refractivity contribution in [3.63, 3.8) is 0 Å². The largest absolute Gasteiger partial charge is 0.343 e. The third kappa shape index (κ3) is 5.28. The average molecular weight is 230 g/mol. The maximum absolute atomic E-state index is 2.61. The molecule has 1 aliphatic rings. The maximum atomic E-state index is 2.61. The Morgan fingerprint density at radius 3 is 2.38 bits per heavy atom. The lowest BCUT2D eigenvalue weighted by Gasteiger charge is -2.25. The van der Waals surface area contributed by atoms with Gasteiger partial charge in [-0.2, -0.15) is 0 Å². The second kappa shape index (κ2) is 8.04. The van der Waals surface area contributed by atoms with E-state index >= 15 is 0 Å². The molecule has 1 heterocycles. The van der Waals surface area contributed by atoms with E-state index in [0.29, 0.717) is 0 Å². The molecule has 0 aromatic carbocycles. The highest BCUT2D eigenvalue weighted by Gasteiger charge is 2.21. The predicted octanol–water partition coefficient (Wildman–Crippen LogP) is -2.46. The van der Waals surface area contributed by atoms with Crippen LogP contribution in [0.2, 0.25) is 0 Å². The minimum Gasteiger partial charge on any atom is -0.343 e. The van der Waals surface area contributed by atoms with Crippen molar-refractivity contribution >= 4 is 0 Å². The Morgan fingerprint density at radius 2 is 1.81 bits per heavy atom. The first-order chi connectivity index (χ1) is 7.76. The van der Waals surface area contributed by atoms with Gasteiger partial charge in [-0.05, 0) is 13.8 Å². The monoisotopic (exact) mass is 230 g/mol. The zero-order chi connectivity index (χ0) is 11.8. The van der Waals surface area contributed by atoms with Crippen LogP contribution in [0.25, 0.3) is 0 Å². The first-order valence-corrected chi connectivity index (χ1v) is 7.24. The zero-order valence-corrected chi connectivity index (χ0v) is 11.5. The minimum atomic E-state index is 0.926. The summed E-state index contributed by atoms with van der Waals surface area (Å²) >= 11 is 0. The van der Waals surface area contributed by atoms with Crippen molar-refractivity contribution in [3.05, 3.63) is 0 Å². The van der Waals surface area contributed by atoms with Gasteiger partial charge in [0.05, 0.1) is 52.4 Å². The van der Waals surface area contributed by atoms with E-state index in [1.165, 1.54) is 58.5 Å². The van der Waals surface area contributed by atoms with Gasteiger partial charge in [-0.1, -0.05) is 0 Å². The molecule has 0 unspecified atom stereocenters. The predicted molar refractivity (Wildman–Crippen MR) is 68.0 cm³/mol. The summed E-state index contributed by atoms with van der Waals surface area (Å²) in [6.45, 7) is 12.6. The summed E-state index contributed by atoms with van der Waals surface area (Å²) in [6, 6.07) is 0.926. The Morgan fingerprint density at radius 1 is 1.19 bits per heavy atom. The van der Waals surface area contributed by atoms with Gasteiger partial charge >= 0.3 is 0 Å². The smallest absolute Gasteiger partial charge is 0.0967 e. The minimum absolute atomic E-state index is 0.926. The molecule has 1 fully saturated rings. The highest BCUT2D eigenvalue weighted by molar-refractivity contribution is 4.56. The van der Waals surface area contributed by atoms with Crippen LogP contribution in [-0.2, 0) is 0 Å². The van der Waals surface area contributed by atoms with Crippen LogP contribution in [0, 0.1) is 0 Å². The van der Waals surface area contributed by atoms with Gasteiger partial charge in [-0.25, -0.2) is 0 Å². The van der Waals surface area contributed by atoms with Gasteiger partial charge in [0, 0.05) is 19.3 Å². The zero-order valence-electron chi connectivity index (χ0n) is 11.5. The molecule has 0 spiro atoms. The van der Waals surface area contributed by atoms with Crippen molar-refractivity contribution in [2.75, 3.05) is 46.3 Å². The molecule has 4 N–H and O–H groups in total. The summed E-state index contributed by atoms with van der Waals surface area (Å²) in [5, 5.41) is 2.61. The molecule has 0 atom stereocenters. The lowest BCUT2D eigenvalue weighted by molar-refractivity contribution is -0.900. The molecule has 96 valence electrons. The van der Waals surface area contributed by atoms with E-state index in [0.717, 1.165) is 6.04 Å². The van der Waals surface area contributed by atoms with Crippen LogP contribution >= 0.6 is 0 Å². The summed E-state index contributed by atoms with van der Waals surface area (Å²) in [7, 11) is 2.32. The van der Waals surface area contributed by atoms with E-state index in [2.05, 4.69) is 26.2 Å². The summed E-state index contributed by atoms with van der Waals surface area (Å²) in [6.07, 6.45) is 4.23. The molecule has 0 aliphatic carbocycles. The normalized spacial score (nSPS) is 26.2. The molecular weight excluding hydrogens is 198 g/mol. The molecule has 0 aromatic heterocycles. The van der Waals surface area contributed by atoms with Crippen molar-refractivity contribution in [1.29, 1.82) is 0 Å². The molecule has 16 heavy (non-hydrogen) atoms. The summed E-state index contributed by atoms with van der Waals surface area (Å²) in [4.78, 5) is 3.47. The molecule has 0 saturated carbocycles. The average Bonchev–Trinajstić information content (AvgIpc) is 2.32. The lowest BCUT2D eigenvalue weighted by Crippen LogP contribution is -3.12. The molecule has 1 rings (SSSR count). The number of likely N-dealkylation sites (tertiary alicyclic amines) is 1. The molecular formula is C13H32N3+3. The summed E-state index contributed by atoms with van der Waals surface area (Å²) in [5.41, 5.74) is 0. The number of rotatable bonds is 7. The van der Waals surface area contributed by atoms with Gasteiger partial charge in [0.1, 0.15) is 0 Å². The third-order valence-electron chi connectivity index (χ3n) is 4.12. The van der Waals surface area contributed by atoms with Crippen LogP contribution in [0.3, 0.4) is 0 Å². The van der Waals surface area contributed by atoms with Gasteiger partial charge in [0.2, 0.25) is 0 Å². The fourth-order valence-corrected chi connectivity index (χ4v) is 2.68. The third-order valence-corrected chi connectivity index (χ3v) is 4.12. The van der Waals surface area contributed by atoms with Crippen molar-refractivity contribution in [1.82, 2.24) is 0 Å². The Bertz CT molecular complexity index is 161. The SMILES string of the molecule is CC[NH+](CC)CCC[NH2+]C1CC[NH+](C)CC1. The fourth-order valence-electron chi connectivity index (χ4n) is 2.68. The number of quaternary nitrogens is 3. The van der Waals surface area contributed by atoms with Gasteiger partial charge in [0.15, 0.2) is 0 Å². The molecule has 0 amide bonds. The number of piperidine rings is 1. The Hall–Kier alpha value is -0.120. The van der Waals surface area contributed by atoms with Gasteiger partial charge in [-0.3, -0.25) is 0 Å². The number of hydrogen-bond donors (Lipinski definition) is 3. The number of hydrogen-bond acceptors (Lipinski definition) is 0. The molecule has 3 nitrogen and oxygen atoms in total. The van der Waals surface area contributed by atoms with Crippen molar-refractivity contribution < 1.29 is 15.1 Å². The number of nitrogens with one attached hydrogen (secondary N) is 2. The Labute approximate surface area is 101 Å². The van der Waals surface area contributed by atoms with Gasteiger partial charge in [0.25, 0.3) is 0 Å². The molecule has 0 radical (unpaired) electrons. The van der Waals surface area contributed by atoms with E-state index in [1.54, 1.807) is 9.80 Å². The molecule has 1 aliphatic heterocycles. The van der Waals surface area contributed by atoms with Crippen molar-refractivity contribution in [2.45, 2.75) is 39.2 Å². The summed E-state index contributed by atoms with van der Waals surface area (Å²) < 4.78 is 0. The van der Waals surface area contributed by atoms with Crippen LogP contribution in [0.1, 0.15) is 33.1 Å². The van der Waals surface area contributed by atoms with E-state index < -0.39 is 0 Å². The fraction of sp³-hybridized carbons (Fsp3) is 1.00. The maximum Gasteiger partial charge on any atom is 0.0967 e. The van der Waals surface area contributed by atoms with E-state index in [1.807, 2.05) is 0 Å². The quantitative estimate of drug-likeness (QED) is 0.405. The summed E-state index contributed by atoms with van der Waals surface area (Å²) in [5.74, 6) is 0. The molecule has 3 heteroatoms. The molecule has 0 aromatic rings. The Balaban J connectivity index is 1.98. The van der Waals surface area contributed by atoms with Crippen molar-refractivity contribution in [2.24, 2.45) is 0 Å². The second-order valence-corrected chi connectivity index (χ2v) is 5.38. The van der Waals surface area contributed by atoms with Crippen LogP contribution in [0.4, 0.5) is 0 Å². The van der Waals surface area contributed by atoms with Crippen LogP contribution in [-0.4, -0.2) is 52.4 Å². The molecule has 0 bridgehead atoms. The van der Waals surface area contributed by atoms with E-state index in [9.17, 15) is 0 Å².